The Balaban J connectivity index is 1.25. The van der Waals surface area contributed by atoms with Gasteiger partial charge in [0.25, 0.3) is 0 Å². The third-order valence-electron chi connectivity index (χ3n) is 11.5. The van der Waals surface area contributed by atoms with Crippen LogP contribution in [0, 0.1) is 6.92 Å². The molecule has 0 saturated heterocycles. The summed E-state index contributed by atoms with van der Waals surface area (Å²) in [6, 6.07) is 31.0. The van der Waals surface area contributed by atoms with Crippen molar-refractivity contribution in [1.29, 1.82) is 0 Å². The van der Waals surface area contributed by atoms with Crippen molar-refractivity contribution in [3.05, 3.63) is 208 Å². The maximum Gasteiger partial charge on any atom is 0.164 e. The number of hydrogen-bond donors (Lipinski definition) is 0. The van der Waals surface area contributed by atoms with Gasteiger partial charge in [-0.15, -0.1) is 0 Å². The minimum atomic E-state index is -0.998. The fourth-order valence-corrected chi connectivity index (χ4v) is 8.93. The molecule has 4 heteroatoms. The highest BCUT2D eigenvalue weighted by molar-refractivity contribution is 5.88. The minimum absolute atomic E-state index is 0.0411. The molecule has 56 heavy (non-hydrogen) atoms. The van der Waals surface area contributed by atoms with E-state index in [0.717, 1.165) is 50.1 Å². The number of ether oxygens (including phenoxy) is 1. The van der Waals surface area contributed by atoms with Gasteiger partial charge in [-0.2, -0.15) is 0 Å². The summed E-state index contributed by atoms with van der Waals surface area (Å²) in [4.78, 5) is 14.3. The molecule has 1 aliphatic heterocycles. The van der Waals surface area contributed by atoms with Gasteiger partial charge in [0.15, 0.2) is 17.5 Å². The first-order valence-electron chi connectivity index (χ1n) is 23.0. The van der Waals surface area contributed by atoms with Crippen LogP contribution in [0.25, 0.3) is 57.4 Å². The Labute approximate surface area is 339 Å². The van der Waals surface area contributed by atoms with Crippen LogP contribution in [-0.2, 0) is 10.8 Å². The Morgan fingerprint density at radius 3 is 1.98 bits per heavy atom. The molecule has 4 nitrogen and oxygen atoms in total. The van der Waals surface area contributed by atoms with Crippen LogP contribution in [0.5, 0.6) is 11.5 Å². The number of hydrogen-bond acceptors (Lipinski definition) is 4. The van der Waals surface area contributed by atoms with Crippen LogP contribution in [0.2, 0.25) is 0 Å². The third kappa shape index (κ3) is 4.69. The van der Waals surface area contributed by atoms with Gasteiger partial charge in [0.05, 0.1) is 17.8 Å². The lowest BCUT2D eigenvalue weighted by Gasteiger charge is -2.43. The molecule has 2 heterocycles. The molecule has 0 saturated carbocycles. The molecule has 11 rings (SSSR count). The monoisotopic (exact) mass is 728 g/mol. The molecule has 3 aliphatic rings. The molecule has 0 amide bonds. The van der Waals surface area contributed by atoms with Crippen molar-refractivity contribution in [3.63, 3.8) is 0 Å². The van der Waals surface area contributed by atoms with Crippen LogP contribution in [0.1, 0.15) is 76.3 Å². The molecule has 0 fully saturated rings. The van der Waals surface area contributed by atoms with Crippen LogP contribution in [0.3, 0.4) is 0 Å². The Morgan fingerprint density at radius 2 is 1.16 bits per heavy atom. The molecule has 1 aromatic heterocycles. The van der Waals surface area contributed by atoms with E-state index in [1.165, 1.54) is 12.5 Å². The van der Waals surface area contributed by atoms with Gasteiger partial charge in [0.2, 0.25) is 0 Å². The summed E-state index contributed by atoms with van der Waals surface area (Å²) in [5, 5.41) is 0. The van der Waals surface area contributed by atoms with E-state index < -0.39 is 47.7 Å². The van der Waals surface area contributed by atoms with Gasteiger partial charge in [-0.25, -0.2) is 15.0 Å². The van der Waals surface area contributed by atoms with Crippen LogP contribution >= 0.6 is 0 Å². The van der Waals surface area contributed by atoms with Gasteiger partial charge >= 0.3 is 0 Å². The van der Waals surface area contributed by atoms with E-state index in [-0.39, 0.29) is 51.7 Å². The molecule has 2 aliphatic carbocycles. The summed E-state index contributed by atoms with van der Waals surface area (Å²) in [6.07, 6.45) is 4.21. The number of benzene rings is 7. The van der Waals surface area contributed by atoms with Crippen molar-refractivity contribution in [2.24, 2.45) is 0 Å². The van der Waals surface area contributed by atoms with E-state index in [4.69, 9.17) is 27.0 Å². The number of para-hydroxylation sites is 1. The van der Waals surface area contributed by atoms with Crippen LogP contribution < -0.4 is 4.74 Å². The average Bonchev–Trinajstić information content (AvgIpc) is 3.44. The van der Waals surface area contributed by atoms with Crippen LogP contribution in [0.15, 0.2) is 158 Å². The molecule has 0 bridgehead atoms. The number of fused-ring (bicyclic) bond motifs is 11. The lowest BCUT2D eigenvalue weighted by Crippen LogP contribution is -2.35. The summed E-state index contributed by atoms with van der Waals surface area (Å²) in [5.74, 6) is 0.968. The van der Waals surface area contributed by atoms with Crippen molar-refractivity contribution in [2.45, 2.75) is 31.6 Å². The predicted octanol–water partition coefficient (Wildman–Crippen LogP) is 12.5. The Hall–Kier alpha value is -6.91. The minimum Gasteiger partial charge on any atom is -0.457 e. The summed E-state index contributed by atoms with van der Waals surface area (Å²) in [7, 11) is 0. The van der Waals surface area contributed by atoms with E-state index in [1.807, 2.05) is 48.5 Å². The molecule has 1 atom stereocenters. The van der Waals surface area contributed by atoms with Crippen molar-refractivity contribution in [1.82, 2.24) is 15.0 Å². The smallest absolute Gasteiger partial charge is 0.164 e. The highest BCUT2D eigenvalue weighted by Gasteiger charge is 2.49. The topological polar surface area (TPSA) is 47.9 Å². The number of aromatic nitrogens is 3. The Morgan fingerprint density at radius 1 is 0.500 bits per heavy atom. The van der Waals surface area contributed by atoms with Crippen LogP contribution in [-0.4, -0.2) is 15.0 Å². The lowest BCUT2D eigenvalue weighted by atomic mass is 9.61. The van der Waals surface area contributed by atoms with E-state index >= 15 is 0 Å². The average molecular weight is 729 g/mol. The van der Waals surface area contributed by atoms with Crippen molar-refractivity contribution in [2.75, 3.05) is 0 Å². The fraction of sp³-hybridized carbons (Fsp3) is 0.0962. The summed E-state index contributed by atoms with van der Waals surface area (Å²) in [6.45, 7) is 6.00. The van der Waals surface area contributed by atoms with Gasteiger partial charge in [-0.3, -0.25) is 0 Å². The van der Waals surface area contributed by atoms with Gasteiger partial charge in [-0.05, 0) is 81.7 Å². The van der Waals surface area contributed by atoms with Crippen molar-refractivity contribution in [3.8, 4) is 56.8 Å². The molecule has 8 aromatic rings. The molecule has 7 aromatic carbocycles. The van der Waals surface area contributed by atoms with Crippen molar-refractivity contribution < 1.29 is 17.1 Å². The van der Waals surface area contributed by atoms with E-state index in [2.05, 4.69) is 85.6 Å². The first-order valence-corrected chi connectivity index (χ1v) is 18.5. The van der Waals surface area contributed by atoms with E-state index in [1.54, 1.807) is 0 Å². The lowest BCUT2D eigenvalue weighted by molar-refractivity contribution is 0.433. The number of nitrogens with zero attached hydrogens (tertiary/aromatic N) is 3. The maximum absolute atomic E-state index is 9.05. The predicted molar refractivity (Wildman–Crippen MR) is 226 cm³/mol. The zero-order valence-corrected chi connectivity index (χ0v) is 30.7. The summed E-state index contributed by atoms with van der Waals surface area (Å²) >= 11 is 0. The molecule has 0 radical (unpaired) electrons. The Bertz CT molecular complexity index is 3330. The molecular weight excluding hydrogens is 683 g/mol. The highest BCUT2D eigenvalue weighted by atomic mass is 16.5. The fourth-order valence-electron chi connectivity index (χ4n) is 8.93. The summed E-state index contributed by atoms with van der Waals surface area (Å²) in [5.41, 5.74) is 9.18. The first kappa shape index (κ1) is 24.5. The van der Waals surface area contributed by atoms with Gasteiger partial charge in [0, 0.05) is 33.2 Å². The van der Waals surface area contributed by atoms with Crippen LogP contribution in [0.4, 0.5) is 0 Å². The van der Waals surface area contributed by atoms with Gasteiger partial charge in [-0.1, -0.05) is 159 Å². The zero-order valence-electron chi connectivity index (χ0n) is 39.7. The normalized spacial score (nSPS) is 18.7. The highest BCUT2D eigenvalue weighted by Crippen LogP contribution is 2.61. The van der Waals surface area contributed by atoms with Crippen molar-refractivity contribution >= 4 is 12.2 Å². The zero-order chi connectivity index (χ0) is 45.4. The summed E-state index contributed by atoms with van der Waals surface area (Å²) < 4.78 is 85.0. The molecule has 0 N–H and O–H groups in total. The van der Waals surface area contributed by atoms with Gasteiger partial charge < -0.3 is 4.74 Å². The Kier molecular flexibility index (Phi) is 5.27. The molecule has 1 unspecified atom stereocenters. The third-order valence-corrected chi connectivity index (χ3v) is 11.5. The van der Waals surface area contributed by atoms with E-state index in [9.17, 15) is 0 Å². The maximum atomic E-state index is 9.05. The van der Waals surface area contributed by atoms with Gasteiger partial charge in [0.1, 0.15) is 11.5 Å². The standard InChI is InChI=1S/C52H37N3O/c1-32-14-13-18-36(28-32)49-53-48(35-16-5-4-6-17-35)54-50(55-49)37-27-26-34-25-24-33-15-7-9-20-40(33)52(43(34)29-37)42-22-11-12-23-46(42)56-47-31-44-39(30-45(47)52)38-19-8-10-21-41(38)51(44,2)3/h4-31H,1-3H3/i4D,5D,6D,13D,14D,16D,17D,18D,28D. The largest absolute Gasteiger partial charge is 0.457 e. The second-order valence-electron chi connectivity index (χ2n) is 14.9. The molecule has 266 valence electrons. The second kappa shape index (κ2) is 12.0. The van der Waals surface area contributed by atoms with E-state index in [0.29, 0.717) is 17.1 Å². The molecule has 1 spiro atoms. The second-order valence-corrected chi connectivity index (χ2v) is 14.9. The number of rotatable bonds is 3. The molecular formula is C52H37N3O. The quantitative estimate of drug-likeness (QED) is 0.182. The SMILES string of the molecule is [2H]c1c([2H])c([2H])c(-c2nc(-c3ccc4c(c3)C3(c5ccccc5C=C4)c4ccccc4Oc4cc5c(cc43)-c3ccccc3C5(C)C)nc(-c3c([2H])c([2H])c([2H])c(C)c3[2H])n2)c([2H])c1[2H]. The first-order chi connectivity index (χ1) is 31.1.